The summed E-state index contributed by atoms with van der Waals surface area (Å²) >= 11 is 1.71. The third-order valence-electron chi connectivity index (χ3n) is 4.84. The summed E-state index contributed by atoms with van der Waals surface area (Å²) in [6, 6.07) is 27.6. The molecule has 1 aliphatic heterocycles. The lowest BCUT2D eigenvalue weighted by molar-refractivity contribution is 0.485. The van der Waals surface area contributed by atoms with Crippen LogP contribution in [0.3, 0.4) is 0 Å². The van der Waals surface area contributed by atoms with Crippen LogP contribution >= 0.6 is 11.8 Å². The van der Waals surface area contributed by atoms with E-state index in [0.717, 1.165) is 39.0 Å². The highest BCUT2D eigenvalue weighted by atomic mass is 32.2. The summed E-state index contributed by atoms with van der Waals surface area (Å²) in [7, 11) is -4.04. The molecule has 4 aromatic rings. The Morgan fingerprint density at radius 2 is 1.26 bits per heavy atom. The Labute approximate surface area is 184 Å². The van der Waals surface area contributed by atoms with Gasteiger partial charge in [0.25, 0.3) is 0 Å². The third-order valence-corrected chi connectivity index (χ3v) is 7.23. The van der Waals surface area contributed by atoms with Crippen molar-refractivity contribution in [3.63, 3.8) is 0 Å². The van der Waals surface area contributed by atoms with Crippen molar-refractivity contribution in [3.05, 3.63) is 103 Å². The van der Waals surface area contributed by atoms with E-state index in [1.807, 2.05) is 36.4 Å². The third kappa shape index (κ3) is 3.78. The molecule has 0 saturated heterocycles. The Balaban J connectivity index is 1.50. The number of halogens is 1. The van der Waals surface area contributed by atoms with Gasteiger partial charge in [-0.25, -0.2) is 4.39 Å². The van der Waals surface area contributed by atoms with Crippen LogP contribution in [0.15, 0.2) is 112 Å². The van der Waals surface area contributed by atoms with Gasteiger partial charge in [-0.05, 0) is 72.8 Å². The number of hydrogen-bond acceptors (Lipinski definition) is 5. The van der Waals surface area contributed by atoms with Crippen LogP contribution in [-0.4, -0.2) is 8.42 Å². The van der Waals surface area contributed by atoms with Crippen molar-refractivity contribution in [2.45, 2.75) is 14.7 Å². The number of para-hydroxylation sites is 2. The number of fused-ring (bicyclic) bond motifs is 2. The second-order valence-electron chi connectivity index (χ2n) is 6.86. The van der Waals surface area contributed by atoms with Gasteiger partial charge in [-0.15, -0.1) is 0 Å². The maximum Gasteiger partial charge on any atom is 0.339 e. The summed E-state index contributed by atoms with van der Waals surface area (Å²) in [5, 5.41) is 0. The first-order chi connectivity index (χ1) is 15.0. The number of nitrogens with zero attached hydrogens (tertiary/aromatic N) is 1. The second kappa shape index (κ2) is 7.76. The summed E-state index contributed by atoms with van der Waals surface area (Å²) in [6.07, 6.45) is 0. The van der Waals surface area contributed by atoms with Gasteiger partial charge >= 0.3 is 10.1 Å². The summed E-state index contributed by atoms with van der Waals surface area (Å²) in [5.41, 5.74) is 2.90. The summed E-state index contributed by atoms with van der Waals surface area (Å²) in [4.78, 5) is 4.38. The molecule has 0 aromatic heterocycles. The molecule has 0 atom stereocenters. The predicted molar refractivity (Wildman–Crippen MR) is 119 cm³/mol. The zero-order valence-corrected chi connectivity index (χ0v) is 17.7. The van der Waals surface area contributed by atoms with E-state index in [1.165, 1.54) is 24.3 Å². The Hall–Kier alpha value is -3.29. The topological polar surface area (TPSA) is 46.6 Å². The van der Waals surface area contributed by atoms with Crippen LogP contribution in [0.25, 0.3) is 0 Å². The fourth-order valence-electron chi connectivity index (χ4n) is 3.41. The quantitative estimate of drug-likeness (QED) is 0.292. The molecular formula is C24H16FNO3S2. The van der Waals surface area contributed by atoms with E-state index in [0.29, 0.717) is 0 Å². The molecule has 0 bridgehead atoms. The molecule has 154 valence electrons. The Morgan fingerprint density at radius 1 is 0.710 bits per heavy atom. The molecule has 4 aromatic carbocycles. The Kier molecular flexibility index (Phi) is 4.92. The van der Waals surface area contributed by atoms with Gasteiger partial charge in [0.15, 0.2) is 0 Å². The highest BCUT2D eigenvalue weighted by molar-refractivity contribution is 7.99. The molecule has 31 heavy (non-hydrogen) atoms. The zero-order chi connectivity index (χ0) is 21.4. The van der Waals surface area contributed by atoms with E-state index in [2.05, 4.69) is 17.0 Å². The number of rotatable bonds is 4. The summed E-state index contributed by atoms with van der Waals surface area (Å²) < 4.78 is 43.5. The Morgan fingerprint density at radius 3 is 1.84 bits per heavy atom. The lowest BCUT2D eigenvalue weighted by Gasteiger charge is -2.32. The van der Waals surface area contributed by atoms with Gasteiger partial charge in [0.1, 0.15) is 16.5 Å². The van der Waals surface area contributed by atoms with Crippen molar-refractivity contribution in [1.29, 1.82) is 0 Å². The van der Waals surface area contributed by atoms with Gasteiger partial charge in [-0.3, -0.25) is 0 Å². The Bertz CT molecular complexity index is 1310. The average Bonchev–Trinajstić information content (AvgIpc) is 2.79. The second-order valence-corrected chi connectivity index (χ2v) is 9.49. The molecule has 5 rings (SSSR count). The van der Waals surface area contributed by atoms with Crippen LogP contribution in [0, 0.1) is 5.82 Å². The highest BCUT2D eigenvalue weighted by Gasteiger charge is 2.25. The molecule has 1 aliphatic rings. The normalized spacial score (nSPS) is 12.7. The fraction of sp³-hybridized carbons (Fsp3) is 0. The molecule has 0 aliphatic carbocycles. The molecular weight excluding hydrogens is 433 g/mol. The van der Waals surface area contributed by atoms with Crippen molar-refractivity contribution in [2.75, 3.05) is 4.90 Å². The van der Waals surface area contributed by atoms with E-state index in [1.54, 1.807) is 23.9 Å². The largest absolute Gasteiger partial charge is 0.379 e. The smallest absolute Gasteiger partial charge is 0.339 e. The number of anilines is 3. The SMILES string of the molecule is O=S(=O)(Oc1ccc(F)cc1)c1ccc(N2c3ccccc3Sc3ccccc32)cc1. The minimum atomic E-state index is -4.04. The molecule has 1 heterocycles. The molecule has 0 fully saturated rings. The average molecular weight is 450 g/mol. The summed E-state index contributed by atoms with van der Waals surface area (Å²) in [5.74, 6) is -0.407. The highest BCUT2D eigenvalue weighted by Crippen LogP contribution is 2.51. The van der Waals surface area contributed by atoms with Gasteiger partial charge in [-0.1, -0.05) is 36.0 Å². The van der Waals surface area contributed by atoms with E-state index >= 15 is 0 Å². The first kappa shape index (κ1) is 19.7. The zero-order valence-electron chi connectivity index (χ0n) is 16.1. The van der Waals surface area contributed by atoms with Gasteiger partial charge in [-0.2, -0.15) is 8.42 Å². The van der Waals surface area contributed by atoms with Gasteiger partial charge in [0, 0.05) is 15.5 Å². The van der Waals surface area contributed by atoms with E-state index < -0.39 is 15.9 Å². The van der Waals surface area contributed by atoms with Crippen molar-refractivity contribution < 1.29 is 17.0 Å². The molecule has 0 spiro atoms. The molecule has 0 saturated carbocycles. The maximum atomic E-state index is 13.1. The molecule has 0 unspecified atom stereocenters. The fourth-order valence-corrected chi connectivity index (χ4v) is 5.40. The van der Waals surface area contributed by atoms with E-state index in [4.69, 9.17) is 4.18 Å². The van der Waals surface area contributed by atoms with Crippen LogP contribution in [0.1, 0.15) is 0 Å². The lowest BCUT2D eigenvalue weighted by Crippen LogP contribution is -2.15. The molecule has 0 amide bonds. The van der Waals surface area contributed by atoms with Crippen LogP contribution in [0.4, 0.5) is 21.5 Å². The van der Waals surface area contributed by atoms with E-state index in [9.17, 15) is 12.8 Å². The van der Waals surface area contributed by atoms with Crippen molar-refractivity contribution in [3.8, 4) is 5.75 Å². The molecule has 7 heteroatoms. The van der Waals surface area contributed by atoms with Gasteiger partial charge in [0.05, 0.1) is 11.4 Å². The first-order valence-electron chi connectivity index (χ1n) is 9.47. The van der Waals surface area contributed by atoms with E-state index in [-0.39, 0.29) is 10.6 Å². The standard InChI is InChI=1S/C24H16FNO3S2/c25-17-9-13-19(14-10-17)29-31(27,28)20-15-11-18(12-16-20)26-21-5-1-3-7-23(21)30-24-8-4-2-6-22(24)26/h1-16H. The number of hydrogen-bond donors (Lipinski definition) is 0. The van der Waals surface area contributed by atoms with Crippen LogP contribution in [0.2, 0.25) is 0 Å². The van der Waals surface area contributed by atoms with Gasteiger partial charge < -0.3 is 9.08 Å². The van der Waals surface area contributed by atoms with Gasteiger partial charge in [0.2, 0.25) is 0 Å². The molecule has 0 radical (unpaired) electrons. The maximum absolute atomic E-state index is 13.1. The minimum Gasteiger partial charge on any atom is -0.379 e. The van der Waals surface area contributed by atoms with Crippen LogP contribution in [-0.2, 0) is 10.1 Å². The lowest BCUT2D eigenvalue weighted by atomic mass is 10.2. The predicted octanol–water partition coefficient (Wildman–Crippen LogP) is 6.53. The van der Waals surface area contributed by atoms with Crippen LogP contribution < -0.4 is 9.08 Å². The molecule has 0 N–H and O–H groups in total. The minimum absolute atomic E-state index is 0.0218. The monoisotopic (exact) mass is 449 g/mol. The number of benzene rings is 4. The first-order valence-corrected chi connectivity index (χ1v) is 11.7. The van der Waals surface area contributed by atoms with Crippen molar-refractivity contribution in [1.82, 2.24) is 0 Å². The van der Waals surface area contributed by atoms with Crippen molar-refractivity contribution in [2.24, 2.45) is 0 Å². The van der Waals surface area contributed by atoms with Crippen molar-refractivity contribution >= 4 is 38.9 Å². The summed E-state index contributed by atoms with van der Waals surface area (Å²) in [6.45, 7) is 0. The van der Waals surface area contributed by atoms with Crippen LogP contribution in [0.5, 0.6) is 5.75 Å². The molecule has 4 nitrogen and oxygen atoms in total.